The number of methoxy groups -OCH3 is 2. The number of aromatic nitrogens is 2. The van der Waals surface area contributed by atoms with E-state index in [0.717, 1.165) is 28.0 Å². The van der Waals surface area contributed by atoms with E-state index in [0.29, 0.717) is 27.0 Å². The number of ether oxygens (including phenoxy) is 2. The Morgan fingerprint density at radius 3 is 2.23 bits per heavy atom. The van der Waals surface area contributed by atoms with Crippen LogP contribution in [0.15, 0.2) is 57.5 Å². The van der Waals surface area contributed by atoms with Gasteiger partial charge in [-0.15, -0.1) is 0 Å². The third kappa shape index (κ3) is 3.61. The van der Waals surface area contributed by atoms with Crippen molar-refractivity contribution in [1.82, 2.24) is 9.55 Å². The molecule has 0 aliphatic carbocycles. The fraction of sp³-hybridized carbons (Fsp3) is 0.136. The first kappa shape index (κ1) is 20.6. The van der Waals surface area contributed by atoms with Gasteiger partial charge in [-0.25, -0.2) is 4.98 Å². The van der Waals surface area contributed by atoms with Gasteiger partial charge in [-0.3, -0.25) is 0 Å². The van der Waals surface area contributed by atoms with Crippen LogP contribution in [0.1, 0.15) is 5.56 Å². The van der Waals surface area contributed by atoms with E-state index >= 15 is 0 Å². The smallest absolute Gasteiger partial charge is 0.172 e. The van der Waals surface area contributed by atoms with Gasteiger partial charge < -0.3 is 24.3 Å². The fourth-order valence-electron chi connectivity index (χ4n) is 3.37. The summed E-state index contributed by atoms with van der Waals surface area (Å²) in [5, 5.41) is 20.3. The topological polar surface area (TPSA) is 76.7 Å². The lowest BCUT2D eigenvalue weighted by molar-refractivity contribution is 0.371. The predicted molar refractivity (Wildman–Crippen MR) is 123 cm³/mol. The Morgan fingerprint density at radius 2 is 1.53 bits per heavy atom. The zero-order chi connectivity index (χ0) is 21.4. The van der Waals surface area contributed by atoms with Crippen LogP contribution in [0.5, 0.6) is 23.0 Å². The minimum absolute atomic E-state index is 0.0381. The average Bonchev–Trinajstić information content (AvgIpc) is 3.11. The zero-order valence-electron chi connectivity index (χ0n) is 16.2. The van der Waals surface area contributed by atoms with E-state index in [-0.39, 0.29) is 11.5 Å². The first-order valence-electron chi connectivity index (χ1n) is 9.00. The molecule has 0 atom stereocenters. The summed E-state index contributed by atoms with van der Waals surface area (Å²) < 4.78 is 13.7. The van der Waals surface area contributed by atoms with Gasteiger partial charge >= 0.3 is 0 Å². The minimum atomic E-state index is 0.0381. The van der Waals surface area contributed by atoms with E-state index < -0.39 is 0 Å². The molecule has 0 saturated heterocycles. The highest BCUT2D eigenvalue weighted by molar-refractivity contribution is 9.10. The summed E-state index contributed by atoms with van der Waals surface area (Å²) in [4.78, 5) is 4.82. The molecule has 0 fully saturated rings. The monoisotopic (exact) mass is 532 g/mol. The highest BCUT2D eigenvalue weighted by atomic mass is 79.9. The van der Waals surface area contributed by atoms with Crippen LogP contribution in [0.25, 0.3) is 22.4 Å². The number of hydrogen-bond donors (Lipinski definition) is 2. The second-order valence-corrected chi connectivity index (χ2v) is 8.36. The van der Waals surface area contributed by atoms with Crippen LogP contribution < -0.4 is 9.47 Å². The molecule has 0 radical (unpaired) electrons. The Hall–Kier alpha value is -2.71. The molecule has 6 nitrogen and oxygen atoms in total. The number of phenolic OH excluding ortho intramolecular Hbond substituents is 2. The Kier molecular flexibility index (Phi) is 5.62. The van der Waals surface area contributed by atoms with Gasteiger partial charge in [0.25, 0.3) is 0 Å². The van der Waals surface area contributed by atoms with Gasteiger partial charge in [-0.1, -0.05) is 12.1 Å². The van der Waals surface area contributed by atoms with Crippen molar-refractivity contribution >= 4 is 42.9 Å². The molecule has 4 aromatic rings. The molecule has 3 aromatic carbocycles. The van der Waals surface area contributed by atoms with E-state index in [2.05, 4.69) is 36.4 Å². The summed E-state index contributed by atoms with van der Waals surface area (Å²) in [6.07, 6.45) is 0. The molecule has 8 heteroatoms. The Labute approximate surface area is 190 Å². The molecule has 1 heterocycles. The van der Waals surface area contributed by atoms with E-state index in [4.69, 9.17) is 14.5 Å². The van der Waals surface area contributed by atoms with Gasteiger partial charge in [-0.05, 0) is 73.8 Å². The number of aromatic hydroxyl groups is 2. The maximum Gasteiger partial charge on any atom is 0.172 e. The number of benzene rings is 3. The van der Waals surface area contributed by atoms with Crippen LogP contribution in [0, 0.1) is 0 Å². The first-order valence-corrected chi connectivity index (χ1v) is 10.6. The number of para-hydroxylation sites is 2. The standard InChI is InChI=1S/C22H18Br2N2O4/c1-29-18-8-12(7-14(23)20(18)27)11-26-17-6-4-3-5-16(17)25-22(26)13-9-15(24)21(28)19(10-13)30-2/h3-10,27-28H,11H2,1-2H3. The Bertz CT molecular complexity index is 1250. The third-order valence-electron chi connectivity index (χ3n) is 4.81. The minimum Gasteiger partial charge on any atom is -0.503 e. The van der Waals surface area contributed by atoms with Gasteiger partial charge in [0.1, 0.15) is 5.82 Å². The summed E-state index contributed by atoms with van der Waals surface area (Å²) in [6, 6.07) is 15.1. The van der Waals surface area contributed by atoms with Crippen LogP contribution in [0.2, 0.25) is 0 Å². The molecule has 30 heavy (non-hydrogen) atoms. The van der Waals surface area contributed by atoms with Crippen LogP contribution >= 0.6 is 31.9 Å². The molecular weight excluding hydrogens is 516 g/mol. The second kappa shape index (κ2) is 8.20. The van der Waals surface area contributed by atoms with Crippen LogP contribution in [-0.2, 0) is 6.54 Å². The van der Waals surface area contributed by atoms with Gasteiger partial charge in [-0.2, -0.15) is 0 Å². The van der Waals surface area contributed by atoms with Crippen molar-refractivity contribution in [1.29, 1.82) is 0 Å². The van der Waals surface area contributed by atoms with Gasteiger partial charge in [0.2, 0.25) is 0 Å². The number of imidazole rings is 1. The van der Waals surface area contributed by atoms with E-state index in [1.54, 1.807) is 12.1 Å². The molecule has 0 unspecified atom stereocenters. The van der Waals surface area contributed by atoms with Crippen molar-refractivity contribution in [3.63, 3.8) is 0 Å². The lowest BCUT2D eigenvalue weighted by atomic mass is 10.1. The molecule has 1 aromatic heterocycles. The number of halogens is 2. The van der Waals surface area contributed by atoms with Gasteiger partial charge in [0.05, 0.1) is 34.2 Å². The van der Waals surface area contributed by atoms with Crippen LogP contribution in [0.4, 0.5) is 0 Å². The van der Waals surface area contributed by atoms with Crippen molar-refractivity contribution in [2.24, 2.45) is 0 Å². The normalized spacial score (nSPS) is 11.1. The molecule has 0 saturated carbocycles. The van der Waals surface area contributed by atoms with E-state index in [1.807, 2.05) is 36.4 Å². The SMILES string of the molecule is COc1cc(Cn2c(-c3cc(Br)c(O)c(OC)c3)nc3ccccc32)cc(Br)c1O. The number of nitrogens with zero attached hydrogens (tertiary/aromatic N) is 2. The summed E-state index contributed by atoms with van der Waals surface area (Å²) >= 11 is 6.78. The Balaban J connectivity index is 1.91. The lowest BCUT2D eigenvalue weighted by Crippen LogP contribution is -2.03. The van der Waals surface area contributed by atoms with Gasteiger partial charge in [0, 0.05) is 12.1 Å². The third-order valence-corrected chi connectivity index (χ3v) is 6.02. The molecule has 2 N–H and O–H groups in total. The number of phenols is 2. The average molecular weight is 534 g/mol. The Morgan fingerprint density at radius 1 is 0.900 bits per heavy atom. The maximum absolute atomic E-state index is 10.2. The first-order chi connectivity index (χ1) is 14.4. The number of hydrogen-bond acceptors (Lipinski definition) is 5. The quantitative estimate of drug-likeness (QED) is 0.344. The lowest BCUT2D eigenvalue weighted by Gasteiger charge is -2.14. The van der Waals surface area contributed by atoms with Crippen molar-refractivity contribution in [3.05, 3.63) is 63.0 Å². The number of fused-ring (bicyclic) bond motifs is 1. The van der Waals surface area contributed by atoms with Crippen LogP contribution in [-0.4, -0.2) is 34.0 Å². The summed E-state index contributed by atoms with van der Waals surface area (Å²) in [6.45, 7) is 0.492. The van der Waals surface area contributed by atoms with Crippen molar-refractivity contribution < 1.29 is 19.7 Å². The van der Waals surface area contributed by atoms with E-state index in [9.17, 15) is 10.2 Å². The maximum atomic E-state index is 10.2. The molecule has 0 aliphatic rings. The highest BCUT2D eigenvalue weighted by Crippen LogP contribution is 2.40. The number of rotatable bonds is 5. The summed E-state index contributed by atoms with van der Waals surface area (Å²) in [5.41, 5.74) is 3.52. The zero-order valence-corrected chi connectivity index (χ0v) is 19.4. The van der Waals surface area contributed by atoms with Gasteiger partial charge in [0.15, 0.2) is 23.0 Å². The molecular formula is C22H18Br2N2O4. The highest BCUT2D eigenvalue weighted by Gasteiger charge is 2.18. The molecule has 0 spiro atoms. The molecule has 0 aliphatic heterocycles. The summed E-state index contributed by atoms with van der Waals surface area (Å²) in [5.74, 6) is 1.56. The summed E-state index contributed by atoms with van der Waals surface area (Å²) in [7, 11) is 3.03. The van der Waals surface area contributed by atoms with Crippen LogP contribution in [0.3, 0.4) is 0 Å². The fourth-order valence-corrected chi connectivity index (χ4v) is 4.30. The molecule has 4 rings (SSSR count). The largest absolute Gasteiger partial charge is 0.503 e. The van der Waals surface area contributed by atoms with Crippen molar-refractivity contribution in [3.8, 4) is 34.4 Å². The van der Waals surface area contributed by atoms with Crippen molar-refractivity contribution in [2.45, 2.75) is 6.54 Å². The van der Waals surface area contributed by atoms with E-state index in [1.165, 1.54) is 14.2 Å². The van der Waals surface area contributed by atoms with Crippen molar-refractivity contribution in [2.75, 3.05) is 14.2 Å². The predicted octanol–water partition coefficient (Wildman–Crippen LogP) is 5.71. The second-order valence-electron chi connectivity index (χ2n) is 6.65. The molecule has 0 bridgehead atoms. The molecule has 0 amide bonds. The molecule has 154 valence electrons.